The summed E-state index contributed by atoms with van der Waals surface area (Å²) >= 11 is 7.79. The van der Waals surface area contributed by atoms with E-state index < -0.39 is 0 Å². The normalized spacial score (nSPS) is 14.3. The van der Waals surface area contributed by atoms with E-state index in [0.29, 0.717) is 13.1 Å². The zero-order chi connectivity index (χ0) is 21.4. The molecule has 3 heterocycles. The van der Waals surface area contributed by atoms with Gasteiger partial charge in [-0.3, -0.25) is 4.79 Å². The summed E-state index contributed by atoms with van der Waals surface area (Å²) in [6, 6.07) is 18.0. The van der Waals surface area contributed by atoms with Crippen LogP contribution in [0.5, 0.6) is 0 Å². The zero-order valence-corrected chi connectivity index (χ0v) is 18.8. The molecule has 4 aromatic rings. The minimum atomic E-state index is 0.0697. The third-order valence-electron chi connectivity index (χ3n) is 5.75. The highest BCUT2D eigenvalue weighted by Crippen LogP contribution is 2.28. The Morgan fingerprint density at radius 3 is 2.61 bits per heavy atom. The summed E-state index contributed by atoms with van der Waals surface area (Å²) in [6.45, 7) is 4.96. The molecule has 0 atom stereocenters. The lowest BCUT2D eigenvalue weighted by molar-refractivity contribution is 0.0748. The second-order valence-electron chi connectivity index (χ2n) is 7.85. The number of rotatable bonds is 3. The molecule has 1 aliphatic heterocycles. The van der Waals surface area contributed by atoms with Gasteiger partial charge in [-0.2, -0.15) is 11.3 Å². The van der Waals surface area contributed by atoms with Gasteiger partial charge in [0.2, 0.25) is 0 Å². The van der Waals surface area contributed by atoms with Crippen LogP contribution in [-0.2, 0) is 0 Å². The van der Waals surface area contributed by atoms with Gasteiger partial charge in [0, 0.05) is 53.2 Å². The van der Waals surface area contributed by atoms with Gasteiger partial charge in [-0.15, -0.1) is 0 Å². The number of aromatic nitrogens is 1. The van der Waals surface area contributed by atoms with Crippen LogP contribution in [0.15, 0.2) is 65.4 Å². The number of carbonyl (C=O) groups excluding carboxylic acids is 1. The number of piperazine rings is 1. The van der Waals surface area contributed by atoms with Gasteiger partial charge in [-0.05, 0) is 54.8 Å². The highest BCUT2D eigenvalue weighted by Gasteiger charge is 2.24. The molecule has 2 aromatic carbocycles. The van der Waals surface area contributed by atoms with E-state index in [0.717, 1.165) is 57.1 Å². The maximum absolute atomic E-state index is 13.6. The van der Waals surface area contributed by atoms with Crippen LogP contribution in [0, 0.1) is 6.92 Å². The van der Waals surface area contributed by atoms with E-state index in [2.05, 4.69) is 22.4 Å². The number of carbonyl (C=O) groups is 1. The molecule has 0 bridgehead atoms. The number of thiophene rings is 1. The maximum atomic E-state index is 13.6. The van der Waals surface area contributed by atoms with Crippen molar-refractivity contribution in [1.82, 2.24) is 9.88 Å². The van der Waals surface area contributed by atoms with Gasteiger partial charge >= 0.3 is 0 Å². The smallest absolute Gasteiger partial charge is 0.254 e. The molecule has 1 aliphatic rings. The Kier molecular flexibility index (Phi) is 5.38. The Hall–Kier alpha value is -2.89. The predicted octanol–water partition coefficient (Wildman–Crippen LogP) is 5.89. The Bertz CT molecular complexity index is 1250. The summed E-state index contributed by atoms with van der Waals surface area (Å²) in [5, 5.41) is 5.75. The fraction of sp³-hybridized carbons (Fsp3) is 0.200. The number of nitrogens with zero attached hydrogens (tertiary/aromatic N) is 3. The summed E-state index contributed by atoms with van der Waals surface area (Å²) in [5.74, 6) is 0.0697. The van der Waals surface area contributed by atoms with Crippen molar-refractivity contribution in [2.75, 3.05) is 31.1 Å². The molecule has 1 amide bonds. The highest BCUT2D eigenvalue weighted by atomic mass is 35.5. The summed E-state index contributed by atoms with van der Waals surface area (Å²) < 4.78 is 0. The Labute approximate surface area is 190 Å². The second kappa shape index (κ2) is 8.33. The number of aryl methyl sites for hydroxylation is 1. The molecule has 1 fully saturated rings. The van der Waals surface area contributed by atoms with Gasteiger partial charge in [0.25, 0.3) is 5.91 Å². The Morgan fingerprint density at radius 2 is 1.87 bits per heavy atom. The molecule has 4 nitrogen and oxygen atoms in total. The van der Waals surface area contributed by atoms with Crippen LogP contribution in [0.1, 0.15) is 15.9 Å². The third-order valence-corrected chi connectivity index (χ3v) is 6.67. The van der Waals surface area contributed by atoms with Crippen molar-refractivity contribution in [2.45, 2.75) is 6.92 Å². The minimum absolute atomic E-state index is 0.0697. The lowest BCUT2D eigenvalue weighted by atomic mass is 10.0. The summed E-state index contributed by atoms with van der Waals surface area (Å²) in [5.41, 5.74) is 5.70. The molecule has 0 aliphatic carbocycles. The number of anilines is 1. The number of halogens is 1. The largest absolute Gasteiger partial charge is 0.368 e. The Balaban J connectivity index is 1.45. The Morgan fingerprint density at radius 1 is 1.03 bits per heavy atom. The van der Waals surface area contributed by atoms with Crippen LogP contribution in [-0.4, -0.2) is 42.0 Å². The van der Waals surface area contributed by atoms with E-state index in [4.69, 9.17) is 16.6 Å². The van der Waals surface area contributed by atoms with Gasteiger partial charge in [-0.1, -0.05) is 29.3 Å². The average Bonchev–Trinajstić information content (AvgIpc) is 3.33. The molecule has 5 rings (SSSR count). The number of hydrogen-bond acceptors (Lipinski definition) is 4. The average molecular weight is 448 g/mol. The molecule has 2 aromatic heterocycles. The highest BCUT2D eigenvalue weighted by molar-refractivity contribution is 7.08. The molecule has 0 spiro atoms. The fourth-order valence-corrected chi connectivity index (χ4v) is 4.92. The first kappa shape index (κ1) is 20.0. The number of benzene rings is 2. The van der Waals surface area contributed by atoms with Crippen molar-refractivity contribution >= 4 is 45.4 Å². The van der Waals surface area contributed by atoms with Crippen LogP contribution in [0.3, 0.4) is 0 Å². The first-order valence-electron chi connectivity index (χ1n) is 10.3. The van der Waals surface area contributed by atoms with Gasteiger partial charge < -0.3 is 9.80 Å². The third kappa shape index (κ3) is 4.03. The summed E-state index contributed by atoms with van der Waals surface area (Å²) in [4.78, 5) is 22.7. The molecule has 6 heteroatoms. The molecular weight excluding hydrogens is 426 g/mol. The molecule has 0 radical (unpaired) electrons. The van der Waals surface area contributed by atoms with Crippen molar-refractivity contribution in [3.63, 3.8) is 0 Å². The second-order valence-corrected chi connectivity index (χ2v) is 9.06. The monoisotopic (exact) mass is 447 g/mol. The standard InChI is InChI=1S/C25H22ClN3OS/c1-17-5-6-23-21(13-17)22(15-24(27-23)18-7-12-31-16-18)25(30)29-10-8-28(9-11-29)20-4-2-3-19(26)14-20/h2-7,12-16H,8-11H2,1H3. The topological polar surface area (TPSA) is 36.4 Å². The number of fused-ring (bicyclic) bond motifs is 1. The van der Waals surface area contributed by atoms with Crippen LogP contribution in [0.25, 0.3) is 22.2 Å². The van der Waals surface area contributed by atoms with Crippen molar-refractivity contribution in [3.8, 4) is 11.3 Å². The minimum Gasteiger partial charge on any atom is -0.368 e. The first-order chi connectivity index (χ1) is 15.1. The summed E-state index contributed by atoms with van der Waals surface area (Å²) in [7, 11) is 0. The lowest BCUT2D eigenvalue weighted by Crippen LogP contribution is -2.48. The molecule has 1 saturated heterocycles. The number of pyridine rings is 1. The van der Waals surface area contributed by atoms with Crippen molar-refractivity contribution < 1.29 is 4.79 Å². The SMILES string of the molecule is Cc1ccc2nc(-c3ccsc3)cc(C(=O)N3CCN(c4cccc(Cl)c4)CC3)c2c1. The van der Waals surface area contributed by atoms with Crippen LogP contribution in [0.2, 0.25) is 5.02 Å². The fourth-order valence-electron chi connectivity index (χ4n) is 4.09. The molecule has 156 valence electrons. The van der Waals surface area contributed by atoms with Gasteiger partial charge in [0.05, 0.1) is 16.8 Å². The number of amides is 1. The van der Waals surface area contributed by atoms with Crippen LogP contribution < -0.4 is 4.90 Å². The van der Waals surface area contributed by atoms with Gasteiger partial charge in [0.15, 0.2) is 0 Å². The van der Waals surface area contributed by atoms with E-state index in [1.165, 1.54) is 0 Å². The number of hydrogen-bond donors (Lipinski definition) is 0. The van der Waals surface area contributed by atoms with E-state index in [-0.39, 0.29) is 5.91 Å². The predicted molar refractivity (Wildman–Crippen MR) is 129 cm³/mol. The van der Waals surface area contributed by atoms with Gasteiger partial charge in [-0.25, -0.2) is 4.98 Å². The molecule has 31 heavy (non-hydrogen) atoms. The molecule has 0 N–H and O–H groups in total. The molecule has 0 unspecified atom stereocenters. The molecule has 0 saturated carbocycles. The molecular formula is C25H22ClN3OS. The summed E-state index contributed by atoms with van der Waals surface area (Å²) in [6.07, 6.45) is 0. The van der Waals surface area contributed by atoms with E-state index in [9.17, 15) is 4.79 Å². The van der Waals surface area contributed by atoms with Crippen LogP contribution in [0.4, 0.5) is 5.69 Å². The van der Waals surface area contributed by atoms with E-state index in [1.54, 1.807) is 11.3 Å². The van der Waals surface area contributed by atoms with Crippen molar-refractivity contribution in [3.05, 3.63) is 81.5 Å². The quantitative estimate of drug-likeness (QED) is 0.393. The van der Waals surface area contributed by atoms with Crippen molar-refractivity contribution in [2.24, 2.45) is 0 Å². The van der Waals surface area contributed by atoms with Crippen LogP contribution >= 0.6 is 22.9 Å². The van der Waals surface area contributed by atoms with E-state index in [1.807, 2.05) is 59.7 Å². The van der Waals surface area contributed by atoms with Crippen molar-refractivity contribution in [1.29, 1.82) is 0 Å². The van der Waals surface area contributed by atoms with Gasteiger partial charge in [0.1, 0.15) is 0 Å². The van der Waals surface area contributed by atoms with E-state index >= 15 is 0 Å². The maximum Gasteiger partial charge on any atom is 0.254 e. The lowest BCUT2D eigenvalue weighted by Gasteiger charge is -2.36. The zero-order valence-electron chi connectivity index (χ0n) is 17.2. The first-order valence-corrected chi connectivity index (χ1v) is 11.6.